The van der Waals surface area contributed by atoms with Crippen molar-refractivity contribution in [1.82, 2.24) is 5.01 Å². The third kappa shape index (κ3) is 3.13. The topological polar surface area (TPSA) is 24.8 Å². The summed E-state index contributed by atoms with van der Waals surface area (Å²) in [6, 6.07) is 20.2. The highest BCUT2D eigenvalue weighted by Crippen LogP contribution is 2.50. The van der Waals surface area contributed by atoms with Gasteiger partial charge in [0, 0.05) is 34.0 Å². The molecule has 0 unspecified atom stereocenters. The molecule has 0 radical (unpaired) electrons. The molecule has 2 aliphatic heterocycles. The lowest BCUT2D eigenvalue weighted by Crippen LogP contribution is -2.48. The summed E-state index contributed by atoms with van der Waals surface area (Å²) < 4.78 is 20.9. The first-order chi connectivity index (χ1) is 13.9. The fourth-order valence-electron chi connectivity index (χ4n) is 4.05. The molecule has 5 rings (SSSR count). The Hall–Kier alpha value is -2.37. The molecule has 0 fully saturated rings. The molecule has 0 N–H and O–H groups in total. The predicted octanol–water partition coefficient (Wildman–Crippen LogP) is 6.66. The van der Waals surface area contributed by atoms with Crippen LogP contribution in [0.1, 0.15) is 36.1 Å². The largest absolute Gasteiger partial charge is 0.462 e. The van der Waals surface area contributed by atoms with E-state index in [1.54, 1.807) is 12.1 Å². The molecule has 146 valence electrons. The minimum absolute atomic E-state index is 0.0221. The van der Waals surface area contributed by atoms with E-state index < -0.39 is 5.72 Å². The zero-order chi connectivity index (χ0) is 20.2. The van der Waals surface area contributed by atoms with Crippen LogP contribution in [-0.4, -0.2) is 10.7 Å². The van der Waals surface area contributed by atoms with Crippen LogP contribution in [-0.2, 0) is 5.72 Å². The second kappa shape index (κ2) is 6.85. The molecule has 2 aliphatic rings. The molecule has 0 amide bonds. The minimum atomic E-state index is -0.784. The summed E-state index contributed by atoms with van der Waals surface area (Å²) in [6.45, 7) is 2.03. The maximum absolute atomic E-state index is 13.4. The predicted molar refractivity (Wildman–Crippen MR) is 116 cm³/mol. The van der Waals surface area contributed by atoms with E-state index in [9.17, 15) is 4.39 Å². The van der Waals surface area contributed by atoms with Gasteiger partial charge in [0.1, 0.15) is 11.6 Å². The first-order valence-corrected chi connectivity index (χ1v) is 10.5. The van der Waals surface area contributed by atoms with Crippen LogP contribution in [0.3, 0.4) is 0 Å². The highest BCUT2D eigenvalue weighted by Gasteiger charge is 2.48. The number of rotatable bonds is 2. The maximum atomic E-state index is 13.4. The SMILES string of the molecule is C[C@]1(c2ccc(Br)cc2)Oc2ccc(Cl)cc2[C@@H]2CC(c3ccc(F)cc3)=NN21. The van der Waals surface area contributed by atoms with Crippen molar-refractivity contribution in [2.45, 2.75) is 25.1 Å². The molecule has 29 heavy (non-hydrogen) atoms. The molecular formula is C23H17BrClFN2O. The van der Waals surface area contributed by atoms with E-state index in [0.29, 0.717) is 11.4 Å². The van der Waals surface area contributed by atoms with E-state index in [0.717, 1.165) is 32.6 Å². The van der Waals surface area contributed by atoms with Crippen molar-refractivity contribution in [2.75, 3.05) is 0 Å². The number of hydrogen-bond donors (Lipinski definition) is 0. The molecule has 0 saturated heterocycles. The third-order valence-electron chi connectivity index (χ3n) is 5.54. The van der Waals surface area contributed by atoms with Crippen LogP contribution in [0.4, 0.5) is 4.39 Å². The number of ether oxygens (including phenoxy) is 1. The summed E-state index contributed by atoms with van der Waals surface area (Å²) in [6.07, 6.45) is 0.689. The van der Waals surface area contributed by atoms with Crippen LogP contribution < -0.4 is 4.74 Å². The van der Waals surface area contributed by atoms with E-state index in [1.165, 1.54) is 12.1 Å². The van der Waals surface area contributed by atoms with Gasteiger partial charge in [0.25, 0.3) is 0 Å². The number of nitrogens with zero attached hydrogens (tertiary/aromatic N) is 2. The number of halogens is 3. The molecule has 2 atom stereocenters. The van der Waals surface area contributed by atoms with Crippen molar-refractivity contribution in [2.24, 2.45) is 5.10 Å². The number of fused-ring (bicyclic) bond motifs is 3. The van der Waals surface area contributed by atoms with Crippen LogP contribution in [0.5, 0.6) is 5.75 Å². The lowest BCUT2D eigenvalue weighted by atomic mass is 9.92. The van der Waals surface area contributed by atoms with Gasteiger partial charge in [-0.2, -0.15) is 5.10 Å². The Morgan fingerprint density at radius 1 is 1.10 bits per heavy atom. The molecule has 3 aromatic rings. The molecule has 3 nitrogen and oxygen atoms in total. The Morgan fingerprint density at radius 2 is 1.83 bits per heavy atom. The Kier molecular flexibility index (Phi) is 4.41. The Morgan fingerprint density at radius 3 is 2.55 bits per heavy atom. The van der Waals surface area contributed by atoms with Gasteiger partial charge in [-0.05, 0) is 48.0 Å². The molecule has 0 bridgehead atoms. The highest BCUT2D eigenvalue weighted by atomic mass is 79.9. The second-order valence-corrected chi connectivity index (χ2v) is 8.74. The molecule has 2 heterocycles. The van der Waals surface area contributed by atoms with Gasteiger partial charge in [0.2, 0.25) is 5.72 Å². The Balaban J connectivity index is 1.65. The fourth-order valence-corrected chi connectivity index (χ4v) is 4.49. The van der Waals surface area contributed by atoms with Crippen LogP contribution in [0.15, 0.2) is 76.3 Å². The van der Waals surface area contributed by atoms with E-state index in [2.05, 4.69) is 15.9 Å². The number of benzene rings is 3. The second-order valence-electron chi connectivity index (χ2n) is 7.39. The van der Waals surface area contributed by atoms with E-state index >= 15 is 0 Å². The summed E-state index contributed by atoms with van der Waals surface area (Å²) in [4.78, 5) is 0. The van der Waals surface area contributed by atoms with Crippen LogP contribution in [0.25, 0.3) is 0 Å². The third-order valence-corrected chi connectivity index (χ3v) is 6.31. The first-order valence-electron chi connectivity index (χ1n) is 9.31. The van der Waals surface area contributed by atoms with Crippen LogP contribution in [0, 0.1) is 5.82 Å². The van der Waals surface area contributed by atoms with Crippen molar-refractivity contribution in [1.29, 1.82) is 0 Å². The van der Waals surface area contributed by atoms with Gasteiger partial charge < -0.3 is 4.74 Å². The number of hydrogen-bond acceptors (Lipinski definition) is 3. The summed E-state index contributed by atoms with van der Waals surface area (Å²) in [5, 5.41) is 7.61. The van der Waals surface area contributed by atoms with Crippen LogP contribution in [0.2, 0.25) is 5.02 Å². The minimum Gasteiger partial charge on any atom is -0.462 e. The van der Waals surface area contributed by atoms with Gasteiger partial charge in [-0.25, -0.2) is 9.40 Å². The van der Waals surface area contributed by atoms with Gasteiger partial charge in [-0.1, -0.05) is 51.8 Å². The smallest absolute Gasteiger partial charge is 0.221 e. The summed E-state index contributed by atoms with van der Waals surface area (Å²) in [7, 11) is 0. The molecular weight excluding hydrogens is 455 g/mol. The van der Waals surface area contributed by atoms with E-state index in [4.69, 9.17) is 21.4 Å². The molecule has 3 aromatic carbocycles. The van der Waals surface area contributed by atoms with Crippen molar-refractivity contribution < 1.29 is 9.13 Å². The Labute approximate surface area is 181 Å². The molecule has 0 spiro atoms. The van der Waals surface area contributed by atoms with Gasteiger partial charge >= 0.3 is 0 Å². The standard InChI is InChI=1S/C23H17BrClFN2O/c1-23(15-4-6-16(24)7-5-15)28-21(19-12-17(25)8-11-22(19)29-23)13-20(27-28)14-2-9-18(26)10-3-14/h2-12,21H,13H2,1H3/t21-,23+/m0/s1. The zero-order valence-electron chi connectivity index (χ0n) is 15.6. The quantitative estimate of drug-likeness (QED) is 0.417. The fraction of sp³-hybridized carbons (Fsp3) is 0.174. The van der Waals surface area contributed by atoms with Gasteiger partial charge in [0.05, 0.1) is 11.8 Å². The highest BCUT2D eigenvalue weighted by molar-refractivity contribution is 9.10. The van der Waals surface area contributed by atoms with Crippen LogP contribution >= 0.6 is 27.5 Å². The number of hydrazone groups is 1. The van der Waals surface area contributed by atoms with E-state index in [-0.39, 0.29) is 11.9 Å². The average Bonchev–Trinajstić information content (AvgIpc) is 3.16. The average molecular weight is 472 g/mol. The van der Waals surface area contributed by atoms with Crippen molar-refractivity contribution in [3.05, 3.63) is 98.7 Å². The van der Waals surface area contributed by atoms with Gasteiger partial charge in [-0.3, -0.25) is 0 Å². The Bertz CT molecular complexity index is 1120. The first kappa shape index (κ1) is 18.6. The van der Waals surface area contributed by atoms with Gasteiger partial charge in [-0.15, -0.1) is 0 Å². The summed E-state index contributed by atoms with van der Waals surface area (Å²) in [5.74, 6) is 0.543. The summed E-state index contributed by atoms with van der Waals surface area (Å²) in [5.41, 5.74) is 3.02. The van der Waals surface area contributed by atoms with Crippen molar-refractivity contribution >= 4 is 33.2 Å². The lowest BCUT2D eigenvalue weighted by molar-refractivity contribution is -0.112. The zero-order valence-corrected chi connectivity index (χ0v) is 17.9. The normalized spacial score (nSPS) is 22.6. The maximum Gasteiger partial charge on any atom is 0.221 e. The van der Waals surface area contributed by atoms with Gasteiger partial charge in [0.15, 0.2) is 0 Å². The molecule has 0 aliphatic carbocycles. The molecule has 6 heteroatoms. The summed E-state index contributed by atoms with van der Waals surface area (Å²) >= 11 is 9.78. The van der Waals surface area contributed by atoms with Crippen molar-refractivity contribution in [3.63, 3.8) is 0 Å². The van der Waals surface area contributed by atoms with Crippen molar-refractivity contribution in [3.8, 4) is 5.75 Å². The monoisotopic (exact) mass is 470 g/mol. The lowest BCUT2D eigenvalue weighted by Gasteiger charge is -2.46. The van der Waals surface area contributed by atoms with E-state index in [1.807, 2.05) is 54.4 Å². The molecule has 0 saturated carbocycles. The molecule has 0 aromatic heterocycles.